The van der Waals surface area contributed by atoms with E-state index in [2.05, 4.69) is 21.6 Å². The third kappa shape index (κ3) is 3.58. The van der Waals surface area contributed by atoms with Gasteiger partial charge in [0.2, 0.25) is 0 Å². The summed E-state index contributed by atoms with van der Waals surface area (Å²) in [5, 5.41) is 5.86. The predicted molar refractivity (Wildman–Crippen MR) is 90.2 cm³/mol. The van der Waals surface area contributed by atoms with Gasteiger partial charge in [-0.1, -0.05) is 42.5 Å². The number of para-hydroxylation sites is 2. The number of carbonyl (C=O) groups is 1. The van der Waals surface area contributed by atoms with Crippen molar-refractivity contribution in [2.45, 2.75) is 19.4 Å². The highest BCUT2D eigenvalue weighted by atomic mass is 16.2. The van der Waals surface area contributed by atoms with E-state index in [1.54, 1.807) is 0 Å². The molecule has 3 rings (SSSR count). The molecule has 22 heavy (non-hydrogen) atoms. The quantitative estimate of drug-likeness (QED) is 0.905. The molecule has 4 heteroatoms. The van der Waals surface area contributed by atoms with Gasteiger partial charge in [-0.05, 0) is 30.5 Å². The summed E-state index contributed by atoms with van der Waals surface area (Å²) in [6.45, 7) is 2.65. The Morgan fingerprint density at radius 1 is 0.955 bits per heavy atom. The largest absolute Gasteiger partial charge is 0.370 e. The molecule has 0 unspecified atom stereocenters. The lowest BCUT2D eigenvalue weighted by Gasteiger charge is -2.21. The maximum absolute atomic E-state index is 12.1. The number of rotatable bonds is 4. The van der Waals surface area contributed by atoms with Crippen LogP contribution < -0.4 is 15.5 Å². The van der Waals surface area contributed by atoms with Crippen molar-refractivity contribution < 1.29 is 4.79 Å². The lowest BCUT2D eigenvalue weighted by Crippen LogP contribution is -2.29. The van der Waals surface area contributed by atoms with Gasteiger partial charge < -0.3 is 15.5 Å². The fourth-order valence-electron chi connectivity index (χ4n) is 2.76. The summed E-state index contributed by atoms with van der Waals surface area (Å²) in [7, 11) is 0. The molecular formula is C18H21N3O. The molecule has 1 saturated heterocycles. The summed E-state index contributed by atoms with van der Waals surface area (Å²) >= 11 is 0. The number of urea groups is 1. The minimum absolute atomic E-state index is 0.171. The highest BCUT2D eigenvalue weighted by molar-refractivity contribution is 5.93. The summed E-state index contributed by atoms with van der Waals surface area (Å²) < 4.78 is 0. The standard InChI is InChI=1S/C18H21N3O/c22-18(19-14-15-8-2-1-3-9-15)20-16-10-4-5-11-17(16)21-12-6-7-13-21/h1-5,8-11H,6-7,12-14H2,(H2,19,20,22). The molecule has 0 saturated carbocycles. The van der Waals surface area contributed by atoms with E-state index in [0.717, 1.165) is 30.0 Å². The first-order chi connectivity index (χ1) is 10.8. The Balaban J connectivity index is 1.61. The van der Waals surface area contributed by atoms with Crippen LogP contribution in [0.3, 0.4) is 0 Å². The smallest absolute Gasteiger partial charge is 0.319 e. The summed E-state index contributed by atoms with van der Waals surface area (Å²) in [5.41, 5.74) is 3.07. The lowest BCUT2D eigenvalue weighted by molar-refractivity contribution is 0.251. The van der Waals surface area contributed by atoms with Crippen LogP contribution in [0, 0.1) is 0 Å². The van der Waals surface area contributed by atoms with Crippen molar-refractivity contribution in [2.24, 2.45) is 0 Å². The second-order valence-corrected chi connectivity index (χ2v) is 5.50. The number of carbonyl (C=O) groups excluding carboxylic acids is 1. The van der Waals surface area contributed by atoms with Gasteiger partial charge in [0.15, 0.2) is 0 Å². The Kier molecular flexibility index (Phi) is 4.59. The average molecular weight is 295 g/mol. The van der Waals surface area contributed by atoms with Crippen molar-refractivity contribution in [2.75, 3.05) is 23.3 Å². The monoisotopic (exact) mass is 295 g/mol. The highest BCUT2D eigenvalue weighted by Gasteiger charge is 2.16. The van der Waals surface area contributed by atoms with E-state index in [0.29, 0.717) is 6.54 Å². The summed E-state index contributed by atoms with van der Waals surface area (Å²) in [6.07, 6.45) is 2.43. The molecule has 1 fully saturated rings. The Morgan fingerprint density at radius 2 is 1.64 bits per heavy atom. The number of hydrogen-bond donors (Lipinski definition) is 2. The van der Waals surface area contributed by atoms with Crippen LogP contribution in [0.15, 0.2) is 54.6 Å². The van der Waals surface area contributed by atoms with Gasteiger partial charge in [0.25, 0.3) is 0 Å². The molecule has 114 valence electrons. The zero-order chi connectivity index (χ0) is 15.2. The maximum atomic E-state index is 12.1. The van der Waals surface area contributed by atoms with E-state index in [4.69, 9.17) is 0 Å². The van der Waals surface area contributed by atoms with Gasteiger partial charge in [0.05, 0.1) is 11.4 Å². The Hall–Kier alpha value is -2.49. The number of benzene rings is 2. The zero-order valence-electron chi connectivity index (χ0n) is 12.6. The van der Waals surface area contributed by atoms with Gasteiger partial charge in [-0.25, -0.2) is 4.79 Å². The fraction of sp³-hybridized carbons (Fsp3) is 0.278. The first-order valence-electron chi connectivity index (χ1n) is 7.76. The molecule has 0 spiro atoms. The average Bonchev–Trinajstić information content (AvgIpc) is 3.09. The first-order valence-corrected chi connectivity index (χ1v) is 7.76. The lowest BCUT2D eigenvalue weighted by atomic mass is 10.2. The minimum atomic E-state index is -0.171. The summed E-state index contributed by atoms with van der Waals surface area (Å²) in [5.74, 6) is 0. The highest BCUT2D eigenvalue weighted by Crippen LogP contribution is 2.28. The molecule has 2 N–H and O–H groups in total. The van der Waals surface area contributed by atoms with Crippen LogP contribution in [-0.4, -0.2) is 19.1 Å². The second-order valence-electron chi connectivity index (χ2n) is 5.50. The molecule has 2 aromatic carbocycles. The SMILES string of the molecule is O=C(NCc1ccccc1)Nc1ccccc1N1CCCC1. The molecule has 0 bridgehead atoms. The van der Waals surface area contributed by atoms with Gasteiger partial charge in [0.1, 0.15) is 0 Å². The fourth-order valence-corrected chi connectivity index (χ4v) is 2.76. The molecule has 2 amide bonds. The molecule has 0 aromatic heterocycles. The van der Waals surface area contributed by atoms with Crippen molar-refractivity contribution in [1.82, 2.24) is 5.32 Å². The van der Waals surface area contributed by atoms with Gasteiger partial charge in [-0.2, -0.15) is 0 Å². The summed E-state index contributed by atoms with van der Waals surface area (Å²) in [6, 6.07) is 17.7. The topological polar surface area (TPSA) is 44.4 Å². The summed E-state index contributed by atoms with van der Waals surface area (Å²) in [4.78, 5) is 14.4. The van der Waals surface area contributed by atoms with E-state index in [-0.39, 0.29) is 6.03 Å². The van der Waals surface area contributed by atoms with Crippen molar-refractivity contribution in [3.8, 4) is 0 Å². The van der Waals surface area contributed by atoms with Crippen LogP contribution in [-0.2, 0) is 6.54 Å². The normalized spacial score (nSPS) is 13.9. The maximum Gasteiger partial charge on any atom is 0.319 e. The molecule has 2 aromatic rings. The van der Waals surface area contributed by atoms with Crippen LogP contribution in [0.2, 0.25) is 0 Å². The predicted octanol–water partition coefficient (Wildman–Crippen LogP) is 3.61. The second kappa shape index (κ2) is 6.98. The molecule has 0 atom stereocenters. The Bertz CT molecular complexity index is 621. The molecular weight excluding hydrogens is 274 g/mol. The van der Waals surface area contributed by atoms with Crippen LogP contribution in [0.4, 0.5) is 16.2 Å². The molecule has 1 aliphatic heterocycles. The first kappa shape index (κ1) is 14.4. The van der Waals surface area contributed by atoms with Crippen molar-refractivity contribution >= 4 is 17.4 Å². The minimum Gasteiger partial charge on any atom is -0.370 e. The Morgan fingerprint density at radius 3 is 2.41 bits per heavy atom. The van der Waals surface area contributed by atoms with Crippen LogP contribution in [0.25, 0.3) is 0 Å². The molecule has 0 radical (unpaired) electrons. The molecule has 4 nitrogen and oxygen atoms in total. The van der Waals surface area contributed by atoms with Crippen molar-refractivity contribution in [1.29, 1.82) is 0 Å². The Labute approximate surface area is 131 Å². The van der Waals surface area contributed by atoms with Crippen LogP contribution in [0.5, 0.6) is 0 Å². The third-order valence-electron chi connectivity index (χ3n) is 3.89. The molecule has 0 aliphatic carbocycles. The number of hydrogen-bond acceptors (Lipinski definition) is 2. The van der Waals surface area contributed by atoms with E-state index in [1.807, 2.05) is 48.5 Å². The van der Waals surface area contributed by atoms with E-state index in [9.17, 15) is 4.79 Å². The number of amides is 2. The number of anilines is 2. The van der Waals surface area contributed by atoms with Gasteiger partial charge in [0, 0.05) is 19.6 Å². The van der Waals surface area contributed by atoms with Gasteiger partial charge in [-0.3, -0.25) is 0 Å². The van der Waals surface area contributed by atoms with E-state index in [1.165, 1.54) is 12.8 Å². The van der Waals surface area contributed by atoms with Gasteiger partial charge >= 0.3 is 6.03 Å². The zero-order valence-corrected chi connectivity index (χ0v) is 12.6. The van der Waals surface area contributed by atoms with Crippen molar-refractivity contribution in [3.63, 3.8) is 0 Å². The van der Waals surface area contributed by atoms with Crippen LogP contribution >= 0.6 is 0 Å². The van der Waals surface area contributed by atoms with E-state index < -0.39 is 0 Å². The van der Waals surface area contributed by atoms with Crippen molar-refractivity contribution in [3.05, 3.63) is 60.2 Å². The van der Waals surface area contributed by atoms with E-state index >= 15 is 0 Å². The molecule has 1 heterocycles. The van der Waals surface area contributed by atoms with Crippen LogP contribution in [0.1, 0.15) is 18.4 Å². The number of nitrogens with one attached hydrogen (secondary N) is 2. The third-order valence-corrected chi connectivity index (χ3v) is 3.89. The van der Waals surface area contributed by atoms with Gasteiger partial charge in [-0.15, -0.1) is 0 Å². The molecule has 1 aliphatic rings. The number of nitrogens with zero attached hydrogens (tertiary/aromatic N) is 1.